The lowest BCUT2D eigenvalue weighted by Gasteiger charge is -2.17. The SMILES string of the molecule is CCOP(=O)(Cc1ccc(-c2nc3ccc(C)cc3s2)cc1)OCC.Cc1ccc2nc(-c3ccc(/C=C/c4ccc(F)cc4)cc3)sc2c1.O=Cc1ccc(F)cc1. The summed E-state index contributed by atoms with van der Waals surface area (Å²) in [7, 11) is -3.07. The predicted molar refractivity (Wildman–Crippen MR) is 241 cm³/mol. The minimum Gasteiger partial charge on any atom is -0.309 e. The first-order valence-corrected chi connectivity index (χ1v) is 22.4. The van der Waals surface area contributed by atoms with E-state index < -0.39 is 7.60 Å². The Balaban J connectivity index is 0.000000164. The number of aldehydes is 1. The van der Waals surface area contributed by atoms with Crippen LogP contribution in [0.15, 0.2) is 133 Å². The third-order valence-corrected chi connectivity index (χ3v) is 13.0. The molecule has 0 saturated heterocycles. The molecule has 0 aliphatic carbocycles. The molecule has 0 fully saturated rings. The van der Waals surface area contributed by atoms with Crippen LogP contribution in [0.3, 0.4) is 0 Å². The molecule has 300 valence electrons. The number of hydrogen-bond acceptors (Lipinski definition) is 8. The number of nitrogens with zero attached hydrogens (tertiary/aromatic N) is 2. The summed E-state index contributed by atoms with van der Waals surface area (Å²) in [4.78, 5) is 19.4. The topological polar surface area (TPSA) is 78.4 Å². The van der Waals surface area contributed by atoms with Gasteiger partial charge in [-0.2, -0.15) is 0 Å². The molecule has 0 aliphatic rings. The van der Waals surface area contributed by atoms with E-state index in [-0.39, 0.29) is 17.8 Å². The highest BCUT2D eigenvalue weighted by Gasteiger charge is 2.24. The first-order valence-electron chi connectivity index (χ1n) is 19.0. The Morgan fingerprint density at radius 2 is 0.983 bits per heavy atom. The van der Waals surface area contributed by atoms with Crippen LogP contribution in [0, 0.1) is 25.5 Å². The minimum atomic E-state index is -3.07. The second kappa shape index (κ2) is 20.5. The Morgan fingerprint density at radius 3 is 1.41 bits per heavy atom. The minimum absolute atomic E-state index is 0.215. The molecular weight excluding hydrogens is 802 g/mol. The molecular formula is C48H43F2N2O4PS2. The van der Waals surface area contributed by atoms with Crippen LogP contribution in [0.25, 0.3) is 53.7 Å². The largest absolute Gasteiger partial charge is 0.335 e. The van der Waals surface area contributed by atoms with Crippen LogP contribution >= 0.6 is 30.3 Å². The Bertz CT molecular complexity index is 2690. The molecule has 0 saturated carbocycles. The molecule has 8 rings (SSSR count). The fraction of sp³-hybridized carbons (Fsp3) is 0.146. The number of thiazole rings is 2. The van der Waals surface area contributed by atoms with Crippen LogP contribution in [0.2, 0.25) is 0 Å². The summed E-state index contributed by atoms with van der Waals surface area (Å²) in [6, 6.07) is 40.8. The number of aryl methyl sites for hydroxylation is 2. The maximum absolute atomic E-state index is 12.9. The molecule has 0 aliphatic heterocycles. The van der Waals surface area contributed by atoms with Crippen LogP contribution in [0.1, 0.15) is 52.0 Å². The van der Waals surface area contributed by atoms with Gasteiger partial charge in [0.1, 0.15) is 27.9 Å². The van der Waals surface area contributed by atoms with E-state index in [9.17, 15) is 18.1 Å². The molecule has 11 heteroatoms. The zero-order chi connectivity index (χ0) is 41.8. The first kappa shape index (κ1) is 43.1. The maximum atomic E-state index is 12.9. The van der Waals surface area contributed by atoms with E-state index in [1.165, 1.54) is 56.9 Å². The third-order valence-electron chi connectivity index (χ3n) is 8.82. The lowest BCUT2D eigenvalue weighted by molar-refractivity contribution is 0.112. The highest BCUT2D eigenvalue weighted by molar-refractivity contribution is 7.53. The molecule has 0 atom stereocenters. The van der Waals surface area contributed by atoms with Gasteiger partial charge in [-0.1, -0.05) is 84.9 Å². The van der Waals surface area contributed by atoms with E-state index in [1.807, 2.05) is 50.3 Å². The lowest BCUT2D eigenvalue weighted by Crippen LogP contribution is -1.99. The Morgan fingerprint density at radius 1 is 0.576 bits per heavy atom. The Labute approximate surface area is 351 Å². The first-order chi connectivity index (χ1) is 28.5. The smallest absolute Gasteiger partial charge is 0.309 e. The summed E-state index contributed by atoms with van der Waals surface area (Å²) < 4.78 is 50.8. The average molecular weight is 845 g/mol. The number of rotatable bonds is 11. The van der Waals surface area contributed by atoms with Crippen molar-refractivity contribution in [3.8, 4) is 21.1 Å². The highest BCUT2D eigenvalue weighted by atomic mass is 32.1. The summed E-state index contributed by atoms with van der Waals surface area (Å²) in [6.07, 6.45) is 4.97. The van der Waals surface area contributed by atoms with Gasteiger partial charge in [-0.25, -0.2) is 18.7 Å². The van der Waals surface area contributed by atoms with Gasteiger partial charge in [-0.3, -0.25) is 9.36 Å². The number of hydrogen-bond donors (Lipinski definition) is 0. The zero-order valence-electron chi connectivity index (χ0n) is 33.1. The molecule has 6 nitrogen and oxygen atoms in total. The van der Waals surface area contributed by atoms with Gasteiger partial charge in [0, 0.05) is 16.7 Å². The van der Waals surface area contributed by atoms with Gasteiger partial charge in [-0.15, -0.1) is 22.7 Å². The van der Waals surface area contributed by atoms with E-state index in [4.69, 9.17) is 19.0 Å². The summed E-state index contributed by atoms with van der Waals surface area (Å²) in [5.74, 6) is -0.534. The molecule has 6 aromatic carbocycles. The monoisotopic (exact) mass is 844 g/mol. The van der Waals surface area contributed by atoms with Crippen molar-refractivity contribution in [1.29, 1.82) is 0 Å². The molecule has 0 spiro atoms. The van der Waals surface area contributed by atoms with Gasteiger partial charge in [0.2, 0.25) is 0 Å². The van der Waals surface area contributed by atoms with E-state index in [2.05, 4.69) is 74.5 Å². The zero-order valence-corrected chi connectivity index (χ0v) is 35.6. The molecule has 0 N–H and O–H groups in total. The van der Waals surface area contributed by atoms with Gasteiger partial charge in [0.15, 0.2) is 0 Å². The van der Waals surface area contributed by atoms with Gasteiger partial charge in [-0.05, 0) is 116 Å². The number of halogens is 2. The number of fused-ring (bicyclic) bond motifs is 2. The molecule has 59 heavy (non-hydrogen) atoms. The van der Waals surface area contributed by atoms with Crippen LogP contribution in [0.4, 0.5) is 8.78 Å². The van der Waals surface area contributed by atoms with E-state index in [0.717, 1.165) is 48.9 Å². The van der Waals surface area contributed by atoms with Crippen molar-refractivity contribution in [3.63, 3.8) is 0 Å². The molecule has 2 heterocycles. The van der Waals surface area contributed by atoms with Crippen molar-refractivity contribution in [2.75, 3.05) is 13.2 Å². The van der Waals surface area contributed by atoms with E-state index in [0.29, 0.717) is 25.1 Å². The number of benzene rings is 6. The standard InChI is InChI=1S/C22H16FNS.C19H22NO3PS.C7H5FO/c1-15-2-13-20-21(14-15)25-22(24-20)18-9-5-16(6-10-18)3-4-17-7-11-19(23)12-8-17;1-4-22-24(21,23-5-2)13-15-7-9-16(10-8-15)19-20-17-11-6-14(3)12-18(17)25-19;8-7-3-1-6(5-9)2-4-7/h2-14H,1H3;6-12H,4-5,13H2,1-3H3;1-5H/b4-3+;;. The average Bonchev–Trinajstić information content (AvgIpc) is 3.86. The van der Waals surface area contributed by atoms with Gasteiger partial charge >= 0.3 is 7.60 Å². The summed E-state index contributed by atoms with van der Waals surface area (Å²) >= 11 is 3.40. The molecule has 0 unspecified atom stereocenters. The van der Waals surface area contributed by atoms with Crippen LogP contribution in [-0.4, -0.2) is 29.5 Å². The van der Waals surface area contributed by atoms with E-state index in [1.54, 1.807) is 34.8 Å². The third kappa shape index (κ3) is 12.3. The second-order valence-electron chi connectivity index (χ2n) is 13.5. The number of carbonyl (C=O) groups excluding carboxylic acids is 1. The van der Waals surface area contributed by atoms with Crippen LogP contribution in [-0.2, 0) is 19.8 Å². The molecule has 8 aromatic rings. The van der Waals surface area contributed by atoms with Crippen molar-refractivity contribution in [2.45, 2.75) is 33.9 Å². The Kier molecular flexibility index (Phi) is 15.0. The van der Waals surface area contributed by atoms with Crippen molar-refractivity contribution in [1.82, 2.24) is 9.97 Å². The highest BCUT2D eigenvalue weighted by Crippen LogP contribution is 2.51. The summed E-state index contributed by atoms with van der Waals surface area (Å²) in [6.45, 7) is 8.58. The van der Waals surface area contributed by atoms with E-state index >= 15 is 0 Å². The predicted octanol–water partition coefficient (Wildman–Crippen LogP) is 14.3. The van der Waals surface area contributed by atoms with Crippen LogP contribution in [0.5, 0.6) is 0 Å². The van der Waals surface area contributed by atoms with Crippen molar-refractivity contribution >= 4 is 69.1 Å². The summed E-state index contributed by atoms with van der Waals surface area (Å²) in [5, 5.41) is 2.03. The normalized spacial score (nSPS) is 11.3. The number of carbonyl (C=O) groups is 1. The van der Waals surface area contributed by atoms with Gasteiger partial charge in [0.05, 0.1) is 39.8 Å². The fourth-order valence-corrected chi connectivity index (χ4v) is 9.69. The van der Waals surface area contributed by atoms with Crippen molar-refractivity contribution in [2.24, 2.45) is 0 Å². The molecule has 2 aromatic heterocycles. The Hall–Kier alpha value is -5.48. The molecule has 0 bridgehead atoms. The second-order valence-corrected chi connectivity index (χ2v) is 17.6. The van der Waals surface area contributed by atoms with Gasteiger partial charge in [0.25, 0.3) is 0 Å². The van der Waals surface area contributed by atoms with Crippen LogP contribution < -0.4 is 0 Å². The number of aromatic nitrogens is 2. The quantitative estimate of drug-likeness (QED) is 0.0733. The fourth-order valence-electron chi connectivity index (χ4n) is 5.85. The molecule has 0 radical (unpaired) electrons. The summed E-state index contributed by atoms with van der Waals surface area (Å²) in [5.41, 5.74) is 10.3. The maximum Gasteiger partial charge on any atom is 0.335 e. The lowest BCUT2D eigenvalue weighted by atomic mass is 10.1. The van der Waals surface area contributed by atoms with Crippen molar-refractivity contribution < 1.29 is 27.2 Å². The molecule has 0 amide bonds. The van der Waals surface area contributed by atoms with Crippen molar-refractivity contribution in [3.05, 3.63) is 178 Å². The van der Waals surface area contributed by atoms with Gasteiger partial charge < -0.3 is 9.05 Å².